The molecule has 1 atom stereocenters. The van der Waals surface area contributed by atoms with Gasteiger partial charge >= 0.3 is 0 Å². The average Bonchev–Trinajstić information content (AvgIpc) is 2.68. The Bertz CT molecular complexity index is 863. The summed E-state index contributed by atoms with van der Waals surface area (Å²) in [6.45, 7) is 2.32. The molecule has 1 aromatic heterocycles. The number of nitrogens with zero attached hydrogens (tertiary/aromatic N) is 2. The van der Waals surface area contributed by atoms with Crippen LogP contribution in [-0.2, 0) is 0 Å². The zero-order valence-electron chi connectivity index (χ0n) is 13.4. The van der Waals surface area contributed by atoms with Crippen LogP contribution in [-0.4, -0.2) is 35.4 Å². The molecule has 1 N–H and O–H groups in total. The summed E-state index contributed by atoms with van der Waals surface area (Å²) in [6, 6.07) is 19.9. The second-order valence-electron chi connectivity index (χ2n) is 6.04. The summed E-state index contributed by atoms with van der Waals surface area (Å²) in [5, 5.41) is 4.39. The van der Waals surface area contributed by atoms with Crippen molar-refractivity contribution in [3.8, 4) is 0 Å². The van der Waals surface area contributed by atoms with E-state index in [1.807, 2.05) is 53.4 Å². The van der Waals surface area contributed by atoms with Gasteiger partial charge in [0.05, 0.1) is 11.6 Å². The van der Waals surface area contributed by atoms with Crippen LogP contribution in [0.4, 0.5) is 0 Å². The molecule has 0 spiro atoms. The van der Waals surface area contributed by atoms with Crippen molar-refractivity contribution in [1.29, 1.82) is 0 Å². The Kier molecular flexibility index (Phi) is 3.97. The lowest BCUT2D eigenvalue weighted by Gasteiger charge is -2.36. The minimum Gasteiger partial charge on any atom is -0.329 e. The molecule has 1 saturated heterocycles. The fourth-order valence-electron chi connectivity index (χ4n) is 3.29. The SMILES string of the molecule is O=C(c1ccc2ncccc2c1)N1CCNCC1c1ccccc1. The highest BCUT2D eigenvalue weighted by Crippen LogP contribution is 2.25. The molecule has 0 aliphatic carbocycles. The van der Waals surface area contributed by atoms with Gasteiger partial charge in [0.2, 0.25) is 0 Å². The standard InChI is InChI=1S/C20H19N3O/c24-20(17-8-9-18-16(13-17)7-4-10-22-18)23-12-11-21-14-19(23)15-5-2-1-3-6-15/h1-10,13,19,21H,11-12,14H2. The normalized spacial score (nSPS) is 17.8. The number of benzene rings is 2. The van der Waals surface area contributed by atoms with Crippen molar-refractivity contribution in [2.45, 2.75) is 6.04 Å². The number of carbonyl (C=O) groups excluding carboxylic acids is 1. The van der Waals surface area contributed by atoms with Gasteiger partial charge in [-0.3, -0.25) is 9.78 Å². The van der Waals surface area contributed by atoms with Crippen LogP contribution in [0.5, 0.6) is 0 Å². The number of hydrogen-bond acceptors (Lipinski definition) is 3. The van der Waals surface area contributed by atoms with Gasteiger partial charge in [0.15, 0.2) is 0 Å². The van der Waals surface area contributed by atoms with Crippen molar-refractivity contribution >= 4 is 16.8 Å². The van der Waals surface area contributed by atoms with Crippen molar-refractivity contribution in [1.82, 2.24) is 15.2 Å². The van der Waals surface area contributed by atoms with E-state index in [0.717, 1.165) is 29.6 Å². The van der Waals surface area contributed by atoms with Crippen LogP contribution in [0.2, 0.25) is 0 Å². The molecule has 1 fully saturated rings. The molecule has 4 nitrogen and oxygen atoms in total. The molecule has 1 amide bonds. The number of aromatic nitrogens is 1. The Morgan fingerprint density at radius 1 is 1.08 bits per heavy atom. The summed E-state index contributed by atoms with van der Waals surface area (Å²) in [4.78, 5) is 19.4. The lowest BCUT2D eigenvalue weighted by Crippen LogP contribution is -2.48. The number of fused-ring (bicyclic) bond motifs is 1. The maximum Gasteiger partial charge on any atom is 0.254 e. The molecule has 120 valence electrons. The largest absolute Gasteiger partial charge is 0.329 e. The lowest BCUT2D eigenvalue weighted by atomic mass is 10.0. The summed E-state index contributed by atoms with van der Waals surface area (Å²) < 4.78 is 0. The molecular weight excluding hydrogens is 298 g/mol. The van der Waals surface area contributed by atoms with Gasteiger partial charge in [-0.15, -0.1) is 0 Å². The van der Waals surface area contributed by atoms with E-state index in [9.17, 15) is 4.79 Å². The predicted molar refractivity (Wildman–Crippen MR) is 94.8 cm³/mol. The first-order chi connectivity index (χ1) is 11.8. The summed E-state index contributed by atoms with van der Waals surface area (Å²) in [6.07, 6.45) is 1.77. The molecular formula is C20H19N3O. The molecule has 0 saturated carbocycles. The Morgan fingerprint density at radius 2 is 1.96 bits per heavy atom. The van der Waals surface area contributed by atoms with Gasteiger partial charge in [-0.2, -0.15) is 0 Å². The van der Waals surface area contributed by atoms with Crippen LogP contribution < -0.4 is 5.32 Å². The number of nitrogens with one attached hydrogen (secondary N) is 1. The zero-order chi connectivity index (χ0) is 16.4. The molecule has 0 bridgehead atoms. The molecule has 1 aliphatic rings. The van der Waals surface area contributed by atoms with Crippen LogP contribution in [0, 0.1) is 0 Å². The molecule has 2 heterocycles. The first-order valence-corrected chi connectivity index (χ1v) is 8.24. The molecule has 0 radical (unpaired) electrons. The third-order valence-corrected chi connectivity index (χ3v) is 4.54. The van der Waals surface area contributed by atoms with Crippen LogP contribution in [0.25, 0.3) is 10.9 Å². The Hall–Kier alpha value is -2.72. The van der Waals surface area contributed by atoms with Crippen LogP contribution >= 0.6 is 0 Å². The van der Waals surface area contributed by atoms with Gasteiger partial charge in [0.25, 0.3) is 5.91 Å². The van der Waals surface area contributed by atoms with Gasteiger partial charge in [-0.25, -0.2) is 0 Å². The topological polar surface area (TPSA) is 45.2 Å². The first kappa shape index (κ1) is 14.8. The van der Waals surface area contributed by atoms with Crippen LogP contribution in [0.15, 0.2) is 66.9 Å². The maximum atomic E-state index is 13.1. The molecule has 4 rings (SSSR count). The van der Waals surface area contributed by atoms with E-state index in [4.69, 9.17) is 0 Å². The van der Waals surface area contributed by atoms with Crippen molar-refractivity contribution in [3.63, 3.8) is 0 Å². The average molecular weight is 317 g/mol. The third-order valence-electron chi connectivity index (χ3n) is 4.54. The summed E-state index contributed by atoms with van der Waals surface area (Å²) >= 11 is 0. The number of hydrogen-bond donors (Lipinski definition) is 1. The van der Waals surface area contributed by atoms with Gasteiger partial charge in [0, 0.05) is 36.8 Å². The van der Waals surface area contributed by atoms with Gasteiger partial charge in [-0.1, -0.05) is 36.4 Å². The first-order valence-electron chi connectivity index (χ1n) is 8.24. The minimum absolute atomic E-state index is 0.0667. The molecule has 2 aromatic carbocycles. The maximum absolute atomic E-state index is 13.1. The van der Waals surface area contributed by atoms with E-state index in [-0.39, 0.29) is 11.9 Å². The van der Waals surface area contributed by atoms with Crippen molar-refractivity contribution in [2.75, 3.05) is 19.6 Å². The number of rotatable bonds is 2. The highest BCUT2D eigenvalue weighted by Gasteiger charge is 2.28. The van der Waals surface area contributed by atoms with Crippen molar-refractivity contribution in [3.05, 3.63) is 78.0 Å². The number of piperazine rings is 1. The fourth-order valence-corrected chi connectivity index (χ4v) is 3.29. The van der Waals surface area contributed by atoms with Gasteiger partial charge < -0.3 is 10.2 Å². The van der Waals surface area contributed by atoms with E-state index in [1.54, 1.807) is 6.20 Å². The zero-order valence-corrected chi connectivity index (χ0v) is 13.4. The highest BCUT2D eigenvalue weighted by molar-refractivity contribution is 5.98. The van der Waals surface area contributed by atoms with Crippen molar-refractivity contribution in [2.24, 2.45) is 0 Å². The molecule has 1 aliphatic heterocycles. The van der Waals surface area contributed by atoms with E-state index in [1.165, 1.54) is 5.56 Å². The molecule has 3 aromatic rings. The number of amides is 1. The van der Waals surface area contributed by atoms with E-state index < -0.39 is 0 Å². The summed E-state index contributed by atoms with van der Waals surface area (Å²) in [5.74, 6) is 0.0797. The highest BCUT2D eigenvalue weighted by atomic mass is 16.2. The summed E-state index contributed by atoms with van der Waals surface area (Å²) in [7, 11) is 0. The van der Waals surface area contributed by atoms with Crippen LogP contribution in [0.3, 0.4) is 0 Å². The molecule has 4 heteroatoms. The summed E-state index contributed by atoms with van der Waals surface area (Å²) in [5.41, 5.74) is 2.80. The van der Waals surface area contributed by atoms with Crippen molar-refractivity contribution < 1.29 is 4.79 Å². The third kappa shape index (κ3) is 2.76. The second kappa shape index (κ2) is 6.42. The Labute approximate surface area is 141 Å². The lowest BCUT2D eigenvalue weighted by molar-refractivity contribution is 0.0634. The van der Waals surface area contributed by atoms with E-state index in [0.29, 0.717) is 6.54 Å². The monoisotopic (exact) mass is 317 g/mol. The number of pyridine rings is 1. The fraction of sp³-hybridized carbons (Fsp3) is 0.200. The van der Waals surface area contributed by atoms with E-state index >= 15 is 0 Å². The smallest absolute Gasteiger partial charge is 0.254 e. The van der Waals surface area contributed by atoms with Crippen LogP contribution in [0.1, 0.15) is 22.0 Å². The van der Waals surface area contributed by atoms with E-state index in [2.05, 4.69) is 22.4 Å². The Morgan fingerprint density at radius 3 is 2.83 bits per heavy atom. The Balaban J connectivity index is 1.67. The predicted octanol–water partition coefficient (Wildman–Crippen LogP) is 3.02. The van der Waals surface area contributed by atoms with Gasteiger partial charge in [0.1, 0.15) is 0 Å². The molecule has 1 unspecified atom stereocenters. The number of carbonyl (C=O) groups is 1. The van der Waals surface area contributed by atoms with Gasteiger partial charge in [-0.05, 0) is 29.8 Å². The second-order valence-corrected chi connectivity index (χ2v) is 6.04. The minimum atomic E-state index is 0.0667. The quantitative estimate of drug-likeness (QED) is 0.790. The molecule has 24 heavy (non-hydrogen) atoms.